The highest BCUT2D eigenvalue weighted by atomic mass is 16.2. The van der Waals surface area contributed by atoms with Crippen LogP contribution in [0.4, 0.5) is 0 Å². The van der Waals surface area contributed by atoms with E-state index < -0.39 is 0 Å². The molecule has 2 atom stereocenters. The van der Waals surface area contributed by atoms with Gasteiger partial charge in [0.15, 0.2) is 0 Å². The number of amides is 2. The van der Waals surface area contributed by atoms with Crippen molar-refractivity contribution in [1.29, 1.82) is 0 Å². The summed E-state index contributed by atoms with van der Waals surface area (Å²) in [6.45, 7) is 4.16. The summed E-state index contributed by atoms with van der Waals surface area (Å²) >= 11 is 0. The van der Waals surface area contributed by atoms with Crippen molar-refractivity contribution < 1.29 is 9.59 Å². The van der Waals surface area contributed by atoms with E-state index in [-0.39, 0.29) is 35.7 Å². The molecule has 1 aliphatic rings. The largest absolute Gasteiger partial charge is 0.353 e. The molecule has 0 heterocycles. The van der Waals surface area contributed by atoms with Gasteiger partial charge in [0.2, 0.25) is 11.8 Å². The second-order valence-corrected chi connectivity index (χ2v) is 9.42. The van der Waals surface area contributed by atoms with Gasteiger partial charge in [-0.15, -0.1) is 0 Å². The lowest BCUT2D eigenvalue weighted by atomic mass is 9.81. The maximum Gasteiger partial charge on any atom is 0.223 e. The van der Waals surface area contributed by atoms with Crippen LogP contribution in [0.15, 0.2) is 60.7 Å². The van der Waals surface area contributed by atoms with Crippen molar-refractivity contribution in [3.8, 4) is 0 Å². The molecule has 0 aliphatic heterocycles. The van der Waals surface area contributed by atoms with E-state index in [2.05, 4.69) is 73.0 Å². The summed E-state index contributed by atoms with van der Waals surface area (Å²) in [7, 11) is 0. The Hall–Kier alpha value is -2.62. The Balaban J connectivity index is 1.33. The zero-order valence-electron chi connectivity index (χ0n) is 19.6. The van der Waals surface area contributed by atoms with E-state index >= 15 is 0 Å². The quantitative estimate of drug-likeness (QED) is 0.549. The van der Waals surface area contributed by atoms with Crippen LogP contribution in [-0.4, -0.2) is 23.9 Å². The van der Waals surface area contributed by atoms with Crippen molar-refractivity contribution in [2.24, 2.45) is 11.8 Å². The molecular weight excluding hydrogens is 396 g/mol. The van der Waals surface area contributed by atoms with Gasteiger partial charge in [-0.2, -0.15) is 0 Å². The molecule has 3 rings (SSSR count). The molecular formula is C28H38N2O2. The summed E-state index contributed by atoms with van der Waals surface area (Å²) in [4.78, 5) is 25.4. The lowest BCUT2D eigenvalue weighted by molar-refractivity contribution is -0.131. The van der Waals surface area contributed by atoms with Crippen LogP contribution in [0.3, 0.4) is 0 Å². The van der Waals surface area contributed by atoms with Gasteiger partial charge < -0.3 is 10.6 Å². The average Bonchev–Trinajstić information content (AvgIpc) is 2.83. The molecule has 2 N–H and O–H groups in total. The fourth-order valence-electron chi connectivity index (χ4n) is 4.54. The minimum atomic E-state index is 0.0359. The van der Waals surface area contributed by atoms with Gasteiger partial charge in [0.25, 0.3) is 0 Å². The Morgan fingerprint density at radius 2 is 1.03 bits per heavy atom. The SMILES string of the molecule is CC(CCc1ccccc1)NC(=O)C1CCC(C(=O)NC(C)CCc2ccccc2)CC1. The third-order valence-corrected chi connectivity index (χ3v) is 6.66. The van der Waals surface area contributed by atoms with Crippen molar-refractivity contribution in [1.82, 2.24) is 10.6 Å². The van der Waals surface area contributed by atoms with Crippen molar-refractivity contribution in [3.05, 3.63) is 71.8 Å². The van der Waals surface area contributed by atoms with Crippen LogP contribution in [0.1, 0.15) is 63.5 Å². The zero-order valence-corrected chi connectivity index (χ0v) is 19.6. The number of hydrogen-bond donors (Lipinski definition) is 2. The van der Waals surface area contributed by atoms with E-state index in [4.69, 9.17) is 0 Å². The number of hydrogen-bond acceptors (Lipinski definition) is 2. The van der Waals surface area contributed by atoms with E-state index in [1.165, 1.54) is 11.1 Å². The van der Waals surface area contributed by atoms with Crippen LogP contribution >= 0.6 is 0 Å². The first-order chi connectivity index (χ1) is 15.5. The van der Waals surface area contributed by atoms with Crippen molar-refractivity contribution in [2.45, 2.75) is 77.3 Å². The Morgan fingerprint density at radius 3 is 1.38 bits per heavy atom. The van der Waals surface area contributed by atoms with E-state index in [0.717, 1.165) is 51.4 Å². The van der Waals surface area contributed by atoms with E-state index in [1.54, 1.807) is 0 Å². The molecule has 2 aromatic carbocycles. The maximum absolute atomic E-state index is 12.7. The molecule has 32 heavy (non-hydrogen) atoms. The smallest absolute Gasteiger partial charge is 0.223 e. The number of nitrogens with one attached hydrogen (secondary N) is 2. The monoisotopic (exact) mass is 434 g/mol. The van der Waals surface area contributed by atoms with Crippen LogP contribution in [0, 0.1) is 11.8 Å². The molecule has 2 aromatic rings. The number of rotatable bonds is 10. The molecule has 1 fully saturated rings. The average molecular weight is 435 g/mol. The summed E-state index contributed by atoms with van der Waals surface area (Å²) in [5.74, 6) is 0.378. The lowest BCUT2D eigenvalue weighted by Crippen LogP contribution is -2.42. The normalized spacial score (nSPS) is 20.2. The predicted octanol–water partition coefficient (Wildman–Crippen LogP) is 5.07. The molecule has 1 aliphatic carbocycles. The Bertz CT molecular complexity index is 758. The molecule has 0 aromatic heterocycles. The standard InChI is InChI=1S/C28H38N2O2/c1-21(13-15-23-9-5-3-6-10-23)29-27(31)25-17-19-26(20-18-25)28(32)30-22(2)14-16-24-11-7-4-8-12-24/h3-12,21-22,25-26H,13-20H2,1-2H3,(H,29,31)(H,30,32). The highest BCUT2D eigenvalue weighted by Gasteiger charge is 2.30. The van der Waals surface area contributed by atoms with Crippen molar-refractivity contribution in [3.63, 3.8) is 0 Å². The summed E-state index contributed by atoms with van der Waals surface area (Å²) in [6, 6.07) is 21.1. The van der Waals surface area contributed by atoms with Crippen molar-refractivity contribution >= 4 is 11.8 Å². The first kappa shape index (κ1) is 24.0. The highest BCUT2D eigenvalue weighted by molar-refractivity contribution is 5.81. The highest BCUT2D eigenvalue weighted by Crippen LogP contribution is 2.29. The Labute approximate surface area is 193 Å². The fraction of sp³-hybridized carbons (Fsp3) is 0.500. The summed E-state index contributed by atoms with van der Waals surface area (Å²) < 4.78 is 0. The summed E-state index contributed by atoms with van der Waals surface area (Å²) in [6.07, 6.45) is 7.01. The van der Waals surface area contributed by atoms with E-state index in [1.807, 2.05) is 12.1 Å². The van der Waals surface area contributed by atoms with Crippen LogP contribution < -0.4 is 10.6 Å². The number of carbonyl (C=O) groups excluding carboxylic acids is 2. The fourth-order valence-corrected chi connectivity index (χ4v) is 4.54. The molecule has 4 heteroatoms. The van der Waals surface area contributed by atoms with Gasteiger partial charge in [0.05, 0.1) is 0 Å². The first-order valence-corrected chi connectivity index (χ1v) is 12.2. The second kappa shape index (κ2) is 12.4. The number of benzene rings is 2. The molecule has 172 valence electrons. The van der Waals surface area contributed by atoms with Gasteiger partial charge in [-0.25, -0.2) is 0 Å². The minimum absolute atomic E-state index is 0.0359. The van der Waals surface area contributed by atoms with Crippen LogP contribution in [0.2, 0.25) is 0 Å². The van der Waals surface area contributed by atoms with Gasteiger partial charge in [0.1, 0.15) is 0 Å². The molecule has 0 bridgehead atoms. The topological polar surface area (TPSA) is 58.2 Å². The van der Waals surface area contributed by atoms with Crippen LogP contribution in [-0.2, 0) is 22.4 Å². The predicted molar refractivity (Wildman–Crippen MR) is 130 cm³/mol. The Kier molecular flexibility index (Phi) is 9.33. The van der Waals surface area contributed by atoms with Gasteiger partial charge in [-0.3, -0.25) is 9.59 Å². The van der Waals surface area contributed by atoms with Crippen LogP contribution in [0.5, 0.6) is 0 Å². The second-order valence-electron chi connectivity index (χ2n) is 9.42. The van der Waals surface area contributed by atoms with Gasteiger partial charge in [0, 0.05) is 23.9 Å². The van der Waals surface area contributed by atoms with Gasteiger partial charge >= 0.3 is 0 Å². The molecule has 0 saturated heterocycles. The number of aryl methyl sites for hydroxylation is 2. The molecule has 0 spiro atoms. The van der Waals surface area contributed by atoms with E-state index in [0.29, 0.717) is 0 Å². The molecule has 4 nitrogen and oxygen atoms in total. The maximum atomic E-state index is 12.7. The lowest BCUT2D eigenvalue weighted by Gasteiger charge is -2.29. The van der Waals surface area contributed by atoms with Gasteiger partial charge in [-0.1, -0.05) is 60.7 Å². The number of carbonyl (C=O) groups is 2. The van der Waals surface area contributed by atoms with Crippen LogP contribution in [0.25, 0.3) is 0 Å². The minimum Gasteiger partial charge on any atom is -0.353 e. The molecule has 0 radical (unpaired) electrons. The van der Waals surface area contributed by atoms with Crippen molar-refractivity contribution in [2.75, 3.05) is 0 Å². The Morgan fingerprint density at radius 1 is 0.688 bits per heavy atom. The first-order valence-electron chi connectivity index (χ1n) is 12.2. The third kappa shape index (κ3) is 7.81. The molecule has 2 amide bonds. The molecule has 1 saturated carbocycles. The van der Waals surface area contributed by atoms with Gasteiger partial charge in [-0.05, 0) is 76.3 Å². The third-order valence-electron chi connectivity index (χ3n) is 6.66. The summed E-state index contributed by atoms with van der Waals surface area (Å²) in [5, 5.41) is 6.38. The summed E-state index contributed by atoms with van der Waals surface area (Å²) in [5.41, 5.74) is 2.61. The molecule has 2 unspecified atom stereocenters. The zero-order chi connectivity index (χ0) is 22.8. The van der Waals surface area contributed by atoms with E-state index in [9.17, 15) is 9.59 Å².